The third kappa shape index (κ3) is 3.54. The molecule has 1 amide bonds. The lowest BCUT2D eigenvalue weighted by Crippen LogP contribution is -2.44. The molecule has 0 bridgehead atoms. The number of likely N-dealkylation sites (N-methyl/N-ethyl adjacent to an activating group) is 1. The Bertz CT molecular complexity index is 447. The van der Waals surface area contributed by atoms with E-state index in [0.717, 1.165) is 5.56 Å². The van der Waals surface area contributed by atoms with Gasteiger partial charge in [0.25, 0.3) is 0 Å². The van der Waals surface area contributed by atoms with Crippen molar-refractivity contribution in [3.63, 3.8) is 0 Å². The van der Waals surface area contributed by atoms with Crippen LogP contribution in [0.3, 0.4) is 0 Å². The highest BCUT2D eigenvalue weighted by Crippen LogP contribution is 2.21. The van der Waals surface area contributed by atoms with E-state index in [0.29, 0.717) is 0 Å². The highest BCUT2D eigenvalue weighted by molar-refractivity contribution is 5.85. The van der Waals surface area contributed by atoms with E-state index in [2.05, 4.69) is 0 Å². The molecule has 0 aliphatic heterocycles. The second-order valence-corrected chi connectivity index (χ2v) is 4.69. The average Bonchev–Trinajstić information content (AvgIpc) is 2.44. The first kappa shape index (κ1) is 15.2. The third-order valence-electron chi connectivity index (χ3n) is 3.40. The van der Waals surface area contributed by atoms with Gasteiger partial charge in [-0.25, -0.2) is 4.79 Å². The van der Waals surface area contributed by atoms with Crippen LogP contribution in [-0.4, -0.2) is 35.0 Å². The molecular weight excluding hydrogens is 244 g/mol. The molecule has 0 aromatic heterocycles. The molecular formula is C14H20N2O3. The molecule has 1 aromatic carbocycles. The predicted molar refractivity (Wildman–Crippen MR) is 72.4 cm³/mol. The van der Waals surface area contributed by atoms with Crippen molar-refractivity contribution in [1.82, 2.24) is 4.90 Å². The van der Waals surface area contributed by atoms with E-state index in [1.165, 1.54) is 18.9 Å². The molecule has 0 radical (unpaired) electrons. The highest BCUT2D eigenvalue weighted by Gasteiger charge is 2.29. The summed E-state index contributed by atoms with van der Waals surface area (Å²) in [6.45, 7) is 3.19. The molecule has 1 aromatic rings. The number of nitrogens with two attached hydrogens (primary N) is 1. The van der Waals surface area contributed by atoms with E-state index in [9.17, 15) is 9.59 Å². The second kappa shape index (κ2) is 6.33. The Balaban J connectivity index is 2.80. The fraction of sp³-hybridized carbons (Fsp3) is 0.429. The zero-order chi connectivity index (χ0) is 14.6. The van der Waals surface area contributed by atoms with Crippen LogP contribution in [0.1, 0.15) is 25.5 Å². The summed E-state index contributed by atoms with van der Waals surface area (Å²) >= 11 is 0. The molecule has 5 heteroatoms. The molecule has 19 heavy (non-hydrogen) atoms. The maximum absolute atomic E-state index is 12.2. The standard InChI is InChI=1S/C14H20N2O3/c1-9(12(15)11-7-5-4-6-8-11)13(17)16(3)10(2)14(18)19/h4-10,12H,15H2,1-3H3,(H,18,19). The van der Waals surface area contributed by atoms with Crippen molar-refractivity contribution in [2.24, 2.45) is 11.7 Å². The number of carbonyl (C=O) groups excluding carboxylic acids is 1. The zero-order valence-electron chi connectivity index (χ0n) is 11.4. The van der Waals surface area contributed by atoms with E-state index in [1.807, 2.05) is 30.3 Å². The Morgan fingerprint density at radius 3 is 2.21 bits per heavy atom. The van der Waals surface area contributed by atoms with E-state index in [-0.39, 0.29) is 5.91 Å². The summed E-state index contributed by atoms with van der Waals surface area (Å²) < 4.78 is 0. The van der Waals surface area contributed by atoms with E-state index >= 15 is 0 Å². The maximum Gasteiger partial charge on any atom is 0.326 e. The normalized spacial score (nSPS) is 15.4. The quantitative estimate of drug-likeness (QED) is 0.838. The third-order valence-corrected chi connectivity index (χ3v) is 3.40. The summed E-state index contributed by atoms with van der Waals surface area (Å²) in [5.41, 5.74) is 6.92. The second-order valence-electron chi connectivity index (χ2n) is 4.69. The first-order valence-electron chi connectivity index (χ1n) is 6.16. The van der Waals surface area contributed by atoms with Gasteiger partial charge in [0.2, 0.25) is 5.91 Å². The molecule has 0 aliphatic carbocycles. The molecule has 3 atom stereocenters. The SMILES string of the molecule is CC(C(=O)N(C)C(C)C(=O)O)C(N)c1ccccc1. The van der Waals surface area contributed by atoms with Crippen LogP contribution in [-0.2, 0) is 9.59 Å². The zero-order valence-corrected chi connectivity index (χ0v) is 11.4. The summed E-state index contributed by atoms with van der Waals surface area (Å²) in [4.78, 5) is 24.3. The molecule has 104 valence electrons. The average molecular weight is 264 g/mol. The molecule has 0 heterocycles. The van der Waals surface area contributed by atoms with Crippen LogP contribution in [0.2, 0.25) is 0 Å². The van der Waals surface area contributed by atoms with Gasteiger partial charge >= 0.3 is 5.97 Å². The Labute approximate surface area is 113 Å². The van der Waals surface area contributed by atoms with Crippen molar-refractivity contribution >= 4 is 11.9 Å². The van der Waals surface area contributed by atoms with Crippen molar-refractivity contribution in [3.8, 4) is 0 Å². The van der Waals surface area contributed by atoms with Crippen LogP contribution in [0.5, 0.6) is 0 Å². The van der Waals surface area contributed by atoms with Crippen molar-refractivity contribution in [2.45, 2.75) is 25.9 Å². The van der Waals surface area contributed by atoms with Crippen molar-refractivity contribution in [2.75, 3.05) is 7.05 Å². The van der Waals surface area contributed by atoms with Gasteiger partial charge in [-0.1, -0.05) is 37.3 Å². The number of nitrogens with zero attached hydrogens (tertiary/aromatic N) is 1. The monoisotopic (exact) mass is 264 g/mol. The fourth-order valence-electron chi connectivity index (χ4n) is 1.80. The first-order chi connectivity index (χ1) is 8.86. The van der Waals surface area contributed by atoms with Crippen LogP contribution in [0.15, 0.2) is 30.3 Å². The van der Waals surface area contributed by atoms with Crippen LogP contribution in [0, 0.1) is 5.92 Å². The van der Waals surface area contributed by atoms with Gasteiger partial charge in [0.15, 0.2) is 0 Å². The number of carbonyl (C=O) groups is 2. The molecule has 0 fully saturated rings. The van der Waals surface area contributed by atoms with Gasteiger partial charge in [-0.15, -0.1) is 0 Å². The highest BCUT2D eigenvalue weighted by atomic mass is 16.4. The molecule has 5 nitrogen and oxygen atoms in total. The number of rotatable bonds is 5. The minimum Gasteiger partial charge on any atom is -0.480 e. The lowest BCUT2D eigenvalue weighted by atomic mass is 9.94. The molecule has 3 unspecified atom stereocenters. The van der Waals surface area contributed by atoms with Gasteiger partial charge < -0.3 is 15.7 Å². The molecule has 0 saturated carbocycles. The summed E-state index contributed by atoms with van der Waals surface area (Å²) in [6, 6.07) is 7.99. The van der Waals surface area contributed by atoms with Crippen LogP contribution >= 0.6 is 0 Å². The van der Waals surface area contributed by atoms with Crippen molar-refractivity contribution in [1.29, 1.82) is 0 Å². The summed E-state index contributed by atoms with van der Waals surface area (Å²) in [5, 5.41) is 8.91. The summed E-state index contributed by atoms with van der Waals surface area (Å²) in [6.07, 6.45) is 0. The summed E-state index contributed by atoms with van der Waals surface area (Å²) in [5.74, 6) is -1.78. The van der Waals surface area contributed by atoms with Gasteiger partial charge in [0.1, 0.15) is 6.04 Å². The molecule has 0 spiro atoms. The molecule has 0 aliphatic rings. The smallest absolute Gasteiger partial charge is 0.326 e. The van der Waals surface area contributed by atoms with Crippen LogP contribution in [0.25, 0.3) is 0 Å². The van der Waals surface area contributed by atoms with E-state index < -0.39 is 24.0 Å². The topological polar surface area (TPSA) is 83.6 Å². The number of hydrogen-bond donors (Lipinski definition) is 2. The largest absolute Gasteiger partial charge is 0.480 e. The number of carboxylic acids is 1. The van der Waals surface area contributed by atoms with Crippen molar-refractivity contribution < 1.29 is 14.7 Å². The molecule has 3 N–H and O–H groups in total. The number of amides is 1. The Morgan fingerprint density at radius 1 is 1.21 bits per heavy atom. The van der Waals surface area contributed by atoms with Gasteiger partial charge in [0.05, 0.1) is 5.92 Å². The molecule has 1 rings (SSSR count). The Kier molecular flexibility index (Phi) is 5.06. The maximum atomic E-state index is 12.2. The minimum absolute atomic E-state index is 0.272. The van der Waals surface area contributed by atoms with Crippen LogP contribution in [0.4, 0.5) is 0 Å². The Morgan fingerprint density at radius 2 is 1.74 bits per heavy atom. The lowest BCUT2D eigenvalue weighted by Gasteiger charge is -2.28. The molecule has 0 saturated heterocycles. The predicted octanol–water partition coefficient (Wildman–Crippen LogP) is 1.25. The van der Waals surface area contributed by atoms with Gasteiger partial charge in [-0.2, -0.15) is 0 Å². The van der Waals surface area contributed by atoms with E-state index in [4.69, 9.17) is 10.8 Å². The number of carboxylic acid groups (broad SMARTS) is 1. The summed E-state index contributed by atoms with van der Waals surface area (Å²) in [7, 11) is 1.48. The van der Waals surface area contributed by atoms with Crippen molar-refractivity contribution in [3.05, 3.63) is 35.9 Å². The van der Waals surface area contributed by atoms with Crippen LogP contribution < -0.4 is 5.73 Å². The van der Waals surface area contributed by atoms with E-state index in [1.54, 1.807) is 6.92 Å². The lowest BCUT2D eigenvalue weighted by molar-refractivity contribution is -0.150. The van der Waals surface area contributed by atoms with Gasteiger partial charge in [-0.05, 0) is 12.5 Å². The van der Waals surface area contributed by atoms with Gasteiger partial charge in [0, 0.05) is 13.1 Å². The van der Waals surface area contributed by atoms with Gasteiger partial charge in [-0.3, -0.25) is 4.79 Å². The Hall–Kier alpha value is -1.88. The first-order valence-corrected chi connectivity index (χ1v) is 6.16. The minimum atomic E-state index is -1.03. The number of hydrogen-bond acceptors (Lipinski definition) is 3. The fourth-order valence-corrected chi connectivity index (χ4v) is 1.80. The number of benzene rings is 1. The number of aliphatic carboxylic acids is 1.